The molecule has 2 heterocycles. The molecule has 0 radical (unpaired) electrons. The van der Waals surface area contributed by atoms with Crippen molar-refractivity contribution in [2.24, 2.45) is 0 Å². The lowest BCUT2D eigenvalue weighted by atomic mass is 10.0. The second-order valence-corrected chi connectivity index (χ2v) is 5.14. The van der Waals surface area contributed by atoms with E-state index in [9.17, 15) is 0 Å². The number of hydrogen-bond acceptors (Lipinski definition) is 3. The zero-order chi connectivity index (χ0) is 13.2. The van der Waals surface area contributed by atoms with Gasteiger partial charge in [-0.2, -0.15) is 0 Å². The van der Waals surface area contributed by atoms with E-state index in [2.05, 4.69) is 42.3 Å². The van der Waals surface area contributed by atoms with E-state index in [-0.39, 0.29) is 0 Å². The molecule has 102 valence electrons. The summed E-state index contributed by atoms with van der Waals surface area (Å²) in [5, 5.41) is 3.47. The van der Waals surface area contributed by atoms with Gasteiger partial charge in [0.1, 0.15) is 5.82 Å². The first-order valence-corrected chi connectivity index (χ1v) is 7.11. The molecular formula is C15H21N3O. The molecule has 0 saturated carbocycles. The van der Waals surface area contributed by atoms with Gasteiger partial charge in [0.15, 0.2) is 0 Å². The molecule has 4 heteroatoms. The van der Waals surface area contributed by atoms with E-state index in [0.717, 1.165) is 43.0 Å². The number of nitrogens with zero attached hydrogens (tertiary/aromatic N) is 1. The number of likely N-dealkylation sites (N-methyl/N-ethyl adjacent to an activating group) is 1. The first-order chi connectivity index (χ1) is 9.31. The molecule has 4 nitrogen and oxygen atoms in total. The van der Waals surface area contributed by atoms with Crippen molar-refractivity contribution >= 4 is 11.0 Å². The molecule has 1 saturated heterocycles. The van der Waals surface area contributed by atoms with E-state index in [1.807, 2.05) is 0 Å². The smallest absolute Gasteiger partial charge is 0.114 e. The van der Waals surface area contributed by atoms with Gasteiger partial charge < -0.3 is 15.0 Å². The van der Waals surface area contributed by atoms with Crippen LogP contribution in [-0.2, 0) is 11.2 Å². The summed E-state index contributed by atoms with van der Waals surface area (Å²) in [7, 11) is 0. The largest absolute Gasteiger partial charge is 0.379 e. The minimum atomic E-state index is 0.331. The van der Waals surface area contributed by atoms with Crippen LogP contribution in [0.3, 0.4) is 0 Å². The van der Waals surface area contributed by atoms with Crippen LogP contribution in [0, 0.1) is 0 Å². The van der Waals surface area contributed by atoms with Crippen molar-refractivity contribution in [3.05, 3.63) is 29.6 Å². The van der Waals surface area contributed by atoms with Crippen LogP contribution in [0.1, 0.15) is 31.2 Å². The first-order valence-electron chi connectivity index (χ1n) is 7.11. The molecule has 1 aliphatic heterocycles. The Balaban J connectivity index is 1.92. The number of aromatic amines is 1. The predicted molar refractivity (Wildman–Crippen MR) is 76.5 cm³/mol. The molecule has 19 heavy (non-hydrogen) atoms. The summed E-state index contributed by atoms with van der Waals surface area (Å²) in [6.07, 6.45) is 1.05. The Hall–Kier alpha value is -1.39. The summed E-state index contributed by atoms with van der Waals surface area (Å²) in [5.41, 5.74) is 3.53. The maximum Gasteiger partial charge on any atom is 0.114 e. The molecule has 2 atom stereocenters. The molecule has 2 aromatic rings. The standard InChI is InChI=1S/C15H21N3O/c1-3-10-5-6-12-13(7-10)18-15(17-12)11-8-19-9-14(11)16-4-2/h5-7,11,14,16H,3-4,8-9H2,1-2H3,(H,17,18). The van der Waals surface area contributed by atoms with Crippen LogP contribution < -0.4 is 5.32 Å². The lowest BCUT2D eigenvalue weighted by Crippen LogP contribution is -2.34. The Bertz CT molecular complexity index is 564. The fraction of sp³-hybridized carbons (Fsp3) is 0.533. The van der Waals surface area contributed by atoms with Crippen molar-refractivity contribution in [1.82, 2.24) is 15.3 Å². The van der Waals surface area contributed by atoms with Gasteiger partial charge in [-0.3, -0.25) is 0 Å². The van der Waals surface area contributed by atoms with Crippen LogP contribution >= 0.6 is 0 Å². The van der Waals surface area contributed by atoms with Gasteiger partial charge in [0.2, 0.25) is 0 Å². The lowest BCUT2D eigenvalue weighted by Gasteiger charge is -2.15. The normalized spacial score (nSPS) is 23.3. The van der Waals surface area contributed by atoms with Gasteiger partial charge in [0.05, 0.1) is 30.2 Å². The summed E-state index contributed by atoms with van der Waals surface area (Å²) in [6.45, 7) is 6.78. The summed E-state index contributed by atoms with van der Waals surface area (Å²) in [4.78, 5) is 8.20. The highest BCUT2D eigenvalue weighted by molar-refractivity contribution is 5.76. The van der Waals surface area contributed by atoms with Gasteiger partial charge >= 0.3 is 0 Å². The van der Waals surface area contributed by atoms with Crippen LogP contribution in [0.4, 0.5) is 0 Å². The quantitative estimate of drug-likeness (QED) is 0.885. The van der Waals surface area contributed by atoms with Gasteiger partial charge in [-0.15, -0.1) is 0 Å². The first kappa shape index (κ1) is 12.6. The average Bonchev–Trinajstić information content (AvgIpc) is 3.03. The van der Waals surface area contributed by atoms with E-state index in [0.29, 0.717) is 12.0 Å². The van der Waals surface area contributed by atoms with E-state index in [4.69, 9.17) is 9.72 Å². The maximum absolute atomic E-state index is 5.60. The van der Waals surface area contributed by atoms with E-state index >= 15 is 0 Å². The van der Waals surface area contributed by atoms with E-state index in [1.54, 1.807) is 0 Å². The highest BCUT2D eigenvalue weighted by atomic mass is 16.5. The lowest BCUT2D eigenvalue weighted by molar-refractivity contribution is 0.187. The number of aromatic nitrogens is 2. The number of fused-ring (bicyclic) bond motifs is 1. The monoisotopic (exact) mass is 259 g/mol. The summed E-state index contributed by atoms with van der Waals surface area (Å²) >= 11 is 0. The van der Waals surface area contributed by atoms with E-state index in [1.165, 1.54) is 5.56 Å². The third-order valence-corrected chi connectivity index (χ3v) is 3.87. The Kier molecular flexibility index (Phi) is 3.53. The summed E-state index contributed by atoms with van der Waals surface area (Å²) in [5.74, 6) is 1.38. The maximum atomic E-state index is 5.60. The van der Waals surface area contributed by atoms with Crippen molar-refractivity contribution in [2.45, 2.75) is 32.2 Å². The number of ether oxygens (including phenoxy) is 1. The van der Waals surface area contributed by atoms with Crippen LogP contribution in [0.5, 0.6) is 0 Å². The Morgan fingerprint density at radius 3 is 3.05 bits per heavy atom. The van der Waals surface area contributed by atoms with Crippen molar-refractivity contribution in [3.63, 3.8) is 0 Å². The Morgan fingerprint density at radius 2 is 2.26 bits per heavy atom. The molecule has 1 aromatic carbocycles. The van der Waals surface area contributed by atoms with Gasteiger partial charge in [-0.25, -0.2) is 4.98 Å². The molecule has 2 N–H and O–H groups in total. The predicted octanol–water partition coefficient (Wildman–Crippen LogP) is 2.22. The van der Waals surface area contributed by atoms with Crippen LogP contribution in [0.15, 0.2) is 18.2 Å². The molecule has 0 aliphatic carbocycles. The molecular weight excluding hydrogens is 238 g/mol. The minimum absolute atomic E-state index is 0.331. The van der Waals surface area contributed by atoms with Gasteiger partial charge in [0.25, 0.3) is 0 Å². The fourth-order valence-electron chi connectivity index (χ4n) is 2.76. The number of rotatable bonds is 4. The topological polar surface area (TPSA) is 49.9 Å². The Morgan fingerprint density at radius 1 is 1.37 bits per heavy atom. The number of hydrogen-bond donors (Lipinski definition) is 2. The molecule has 0 amide bonds. The van der Waals surface area contributed by atoms with Gasteiger partial charge in [-0.1, -0.05) is 19.9 Å². The number of benzene rings is 1. The van der Waals surface area contributed by atoms with Crippen LogP contribution in [0.2, 0.25) is 0 Å². The number of aryl methyl sites for hydroxylation is 1. The number of imidazole rings is 1. The highest BCUT2D eigenvalue weighted by Gasteiger charge is 2.31. The molecule has 0 bridgehead atoms. The van der Waals surface area contributed by atoms with Crippen molar-refractivity contribution in [2.75, 3.05) is 19.8 Å². The fourth-order valence-corrected chi connectivity index (χ4v) is 2.76. The molecule has 0 spiro atoms. The zero-order valence-corrected chi connectivity index (χ0v) is 11.6. The van der Waals surface area contributed by atoms with Crippen molar-refractivity contribution in [3.8, 4) is 0 Å². The van der Waals surface area contributed by atoms with Crippen molar-refractivity contribution < 1.29 is 4.74 Å². The third-order valence-electron chi connectivity index (χ3n) is 3.87. The van der Waals surface area contributed by atoms with E-state index < -0.39 is 0 Å². The SMILES string of the molecule is CCNC1COCC1c1nc2ccc(CC)cc2[nH]1. The summed E-state index contributed by atoms with van der Waals surface area (Å²) in [6, 6.07) is 6.83. The van der Waals surface area contributed by atoms with Crippen LogP contribution in [0.25, 0.3) is 11.0 Å². The average molecular weight is 259 g/mol. The minimum Gasteiger partial charge on any atom is -0.379 e. The van der Waals surface area contributed by atoms with Crippen molar-refractivity contribution in [1.29, 1.82) is 0 Å². The number of nitrogens with one attached hydrogen (secondary N) is 2. The highest BCUT2D eigenvalue weighted by Crippen LogP contribution is 2.26. The molecule has 1 aromatic heterocycles. The van der Waals surface area contributed by atoms with Gasteiger partial charge in [-0.05, 0) is 30.7 Å². The molecule has 2 unspecified atom stereocenters. The second kappa shape index (κ2) is 5.31. The second-order valence-electron chi connectivity index (χ2n) is 5.14. The molecule has 3 rings (SSSR count). The molecule has 1 aliphatic rings. The molecule has 1 fully saturated rings. The Labute approximate surface area is 113 Å². The third kappa shape index (κ3) is 2.38. The van der Waals surface area contributed by atoms with Crippen LogP contribution in [-0.4, -0.2) is 35.8 Å². The van der Waals surface area contributed by atoms with Gasteiger partial charge in [0, 0.05) is 6.04 Å². The number of H-pyrrole nitrogens is 1. The summed E-state index contributed by atoms with van der Waals surface area (Å²) < 4.78 is 5.60. The zero-order valence-electron chi connectivity index (χ0n) is 11.6.